The molecule has 0 radical (unpaired) electrons. The third-order valence-corrected chi connectivity index (χ3v) is 5.21. The highest BCUT2D eigenvalue weighted by Gasteiger charge is 2.25. The fourth-order valence-electron chi connectivity index (χ4n) is 3.48. The van der Waals surface area contributed by atoms with Crippen LogP contribution in [0.2, 0.25) is 0 Å². The van der Waals surface area contributed by atoms with Crippen LogP contribution in [0.15, 0.2) is 42.5 Å². The molecule has 1 aliphatic heterocycles. The number of hydrogen-bond acceptors (Lipinski definition) is 3. The highest BCUT2D eigenvalue weighted by atomic mass is 19.1. The van der Waals surface area contributed by atoms with Crippen molar-refractivity contribution in [2.75, 3.05) is 23.3 Å². The second-order valence-corrected chi connectivity index (χ2v) is 7.91. The molecule has 1 atom stereocenters. The first-order valence-corrected chi connectivity index (χ1v) is 10.1. The zero-order chi connectivity index (χ0) is 21.0. The second-order valence-electron chi connectivity index (χ2n) is 7.91. The summed E-state index contributed by atoms with van der Waals surface area (Å²) in [5, 5.41) is 5.53. The van der Waals surface area contributed by atoms with E-state index in [0.717, 1.165) is 31.5 Å². The first kappa shape index (κ1) is 20.8. The molecule has 0 spiro atoms. The maximum absolute atomic E-state index is 14.5. The van der Waals surface area contributed by atoms with Crippen LogP contribution < -0.4 is 15.5 Å². The van der Waals surface area contributed by atoms with Crippen molar-refractivity contribution in [2.45, 2.75) is 39.7 Å². The van der Waals surface area contributed by atoms with Gasteiger partial charge in [-0.25, -0.2) is 4.39 Å². The van der Waals surface area contributed by atoms with Gasteiger partial charge < -0.3 is 15.5 Å². The third kappa shape index (κ3) is 5.13. The van der Waals surface area contributed by atoms with Gasteiger partial charge in [0, 0.05) is 24.3 Å². The molecule has 2 aromatic carbocycles. The van der Waals surface area contributed by atoms with E-state index in [4.69, 9.17) is 0 Å². The van der Waals surface area contributed by atoms with Crippen molar-refractivity contribution in [1.82, 2.24) is 5.32 Å². The van der Waals surface area contributed by atoms with Crippen LogP contribution in [0, 0.1) is 18.7 Å². The average molecular weight is 397 g/mol. The molecule has 3 rings (SSSR count). The Hall–Kier alpha value is -2.89. The summed E-state index contributed by atoms with van der Waals surface area (Å²) in [7, 11) is 0. The number of anilines is 2. The number of carbonyl (C=O) groups is 2. The average Bonchev–Trinajstić information content (AvgIpc) is 3.20. The SMILES string of the molecule is Cc1ccc(C(=O)NC(C(=O)Nc2ccc(N3CCCC3)c(F)c2)C(C)C)cc1. The van der Waals surface area contributed by atoms with Gasteiger partial charge in [0.25, 0.3) is 5.91 Å². The Morgan fingerprint density at radius 2 is 1.69 bits per heavy atom. The molecule has 1 aliphatic rings. The molecular formula is C23H28FN3O2. The Bertz CT molecular complexity index is 874. The molecule has 0 saturated carbocycles. The number of halogens is 1. The number of amides is 2. The number of carbonyl (C=O) groups excluding carboxylic acids is 2. The monoisotopic (exact) mass is 397 g/mol. The minimum atomic E-state index is -0.731. The molecule has 29 heavy (non-hydrogen) atoms. The van der Waals surface area contributed by atoms with Gasteiger partial charge in [0.05, 0.1) is 5.69 Å². The molecule has 2 amide bonds. The molecule has 0 aromatic heterocycles. The van der Waals surface area contributed by atoms with Gasteiger partial charge in [0.1, 0.15) is 11.9 Å². The first-order chi connectivity index (χ1) is 13.8. The number of aryl methyl sites for hydroxylation is 1. The molecule has 1 unspecified atom stereocenters. The molecule has 0 bridgehead atoms. The van der Waals surface area contributed by atoms with Crippen LogP contribution in [-0.2, 0) is 4.79 Å². The maximum Gasteiger partial charge on any atom is 0.251 e. The van der Waals surface area contributed by atoms with Crippen molar-refractivity contribution in [3.05, 3.63) is 59.4 Å². The number of nitrogens with one attached hydrogen (secondary N) is 2. The fraction of sp³-hybridized carbons (Fsp3) is 0.391. The van der Waals surface area contributed by atoms with E-state index in [9.17, 15) is 14.0 Å². The van der Waals surface area contributed by atoms with E-state index >= 15 is 0 Å². The van der Waals surface area contributed by atoms with E-state index in [1.807, 2.05) is 37.8 Å². The molecule has 2 aromatic rings. The summed E-state index contributed by atoms with van der Waals surface area (Å²) in [5.41, 5.74) is 2.49. The molecular weight excluding hydrogens is 369 g/mol. The molecule has 6 heteroatoms. The van der Waals surface area contributed by atoms with Crippen LogP contribution in [0.25, 0.3) is 0 Å². The third-order valence-electron chi connectivity index (χ3n) is 5.21. The molecule has 1 heterocycles. The molecule has 1 fully saturated rings. The Morgan fingerprint density at radius 3 is 2.28 bits per heavy atom. The van der Waals surface area contributed by atoms with E-state index < -0.39 is 6.04 Å². The van der Waals surface area contributed by atoms with Crippen LogP contribution in [0.1, 0.15) is 42.6 Å². The van der Waals surface area contributed by atoms with Crippen LogP contribution in [-0.4, -0.2) is 30.9 Å². The summed E-state index contributed by atoms with van der Waals surface area (Å²) in [6.45, 7) is 7.36. The van der Waals surface area contributed by atoms with E-state index in [-0.39, 0.29) is 23.5 Å². The first-order valence-electron chi connectivity index (χ1n) is 10.1. The highest BCUT2D eigenvalue weighted by molar-refractivity contribution is 6.01. The zero-order valence-electron chi connectivity index (χ0n) is 17.2. The minimum Gasteiger partial charge on any atom is -0.369 e. The van der Waals surface area contributed by atoms with E-state index in [2.05, 4.69) is 10.6 Å². The van der Waals surface area contributed by atoms with Crippen molar-refractivity contribution in [1.29, 1.82) is 0 Å². The normalized spacial score (nSPS) is 14.7. The lowest BCUT2D eigenvalue weighted by Crippen LogP contribution is -2.47. The van der Waals surface area contributed by atoms with Crippen LogP contribution in [0.3, 0.4) is 0 Å². The summed E-state index contributed by atoms with van der Waals surface area (Å²) < 4.78 is 14.5. The van der Waals surface area contributed by atoms with Gasteiger partial charge in [-0.05, 0) is 56.0 Å². The number of hydrogen-bond donors (Lipinski definition) is 2. The van der Waals surface area contributed by atoms with Crippen molar-refractivity contribution in [2.24, 2.45) is 5.92 Å². The lowest BCUT2D eigenvalue weighted by Gasteiger charge is -2.22. The molecule has 2 N–H and O–H groups in total. The largest absolute Gasteiger partial charge is 0.369 e. The Labute approximate surface area is 171 Å². The van der Waals surface area contributed by atoms with Gasteiger partial charge in [0.15, 0.2) is 0 Å². The summed E-state index contributed by atoms with van der Waals surface area (Å²) >= 11 is 0. The lowest BCUT2D eigenvalue weighted by atomic mass is 10.0. The van der Waals surface area contributed by atoms with Gasteiger partial charge in [-0.1, -0.05) is 31.5 Å². The van der Waals surface area contributed by atoms with Gasteiger partial charge in [-0.2, -0.15) is 0 Å². The van der Waals surface area contributed by atoms with E-state index in [1.54, 1.807) is 24.3 Å². The zero-order valence-corrected chi connectivity index (χ0v) is 17.2. The Kier molecular flexibility index (Phi) is 6.52. The summed E-state index contributed by atoms with van der Waals surface area (Å²) in [4.78, 5) is 27.3. The lowest BCUT2D eigenvalue weighted by molar-refractivity contribution is -0.118. The van der Waals surface area contributed by atoms with Gasteiger partial charge in [-0.15, -0.1) is 0 Å². The van der Waals surface area contributed by atoms with Crippen LogP contribution in [0.4, 0.5) is 15.8 Å². The van der Waals surface area contributed by atoms with E-state index in [1.165, 1.54) is 6.07 Å². The van der Waals surface area contributed by atoms with Gasteiger partial charge >= 0.3 is 0 Å². The van der Waals surface area contributed by atoms with Crippen molar-refractivity contribution >= 4 is 23.2 Å². The van der Waals surface area contributed by atoms with Crippen LogP contribution in [0.5, 0.6) is 0 Å². The van der Waals surface area contributed by atoms with Crippen molar-refractivity contribution in [3.63, 3.8) is 0 Å². The Morgan fingerprint density at radius 1 is 1.03 bits per heavy atom. The van der Waals surface area contributed by atoms with Crippen molar-refractivity contribution < 1.29 is 14.0 Å². The molecule has 0 aliphatic carbocycles. The predicted molar refractivity (Wildman–Crippen MR) is 114 cm³/mol. The highest BCUT2D eigenvalue weighted by Crippen LogP contribution is 2.26. The topological polar surface area (TPSA) is 61.4 Å². The van der Waals surface area contributed by atoms with Crippen molar-refractivity contribution in [3.8, 4) is 0 Å². The van der Waals surface area contributed by atoms with Gasteiger partial charge in [0.2, 0.25) is 5.91 Å². The Balaban J connectivity index is 1.68. The summed E-state index contributed by atoms with van der Waals surface area (Å²) in [6.07, 6.45) is 2.13. The quantitative estimate of drug-likeness (QED) is 0.771. The minimum absolute atomic E-state index is 0.127. The van der Waals surface area contributed by atoms with E-state index in [0.29, 0.717) is 16.9 Å². The smallest absolute Gasteiger partial charge is 0.251 e. The molecule has 5 nitrogen and oxygen atoms in total. The molecule has 1 saturated heterocycles. The fourth-order valence-corrected chi connectivity index (χ4v) is 3.48. The second kappa shape index (κ2) is 9.07. The molecule has 154 valence electrons. The number of benzene rings is 2. The number of rotatable bonds is 6. The summed E-state index contributed by atoms with van der Waals surface area (Å²) in [6, 6.07) is 11.2. The summed E-state index contributed by atoms with van der Waals surface area (Å²) in [5.74, 6) is -1.16. The standard InChI is InChI=1S/C23H28FN3O2/c1-15(2)21(26-22(28)17-8-6-16(3)7-9-17)23(29)25-18-10-11-20(19(24)14-18)27-12-4-5-13-27/h6-11,14-15,21H,4-5,12-13H2,1-3H3,(H,25,29)(H,26,28). The maximum atomic E-state index is 14.5. The predicted octanol–water partition coefficient (Wildman–Crippen LogP) is 4.13. The van der Waals surface area contributed by atoms with Crippen LogP contribution >= 0.6 is 0 Å². The van der Waals surface area contributed by atoms with Gasteiger partial charge in [-0.3, -0.25) is 9.59 Å². The number of nitrogens with zero attached hydrogens (tertiary/aromatic N) is 1.